The molecule has 3 rings (SSSR count). The summed E-state index contributed by atoms with van der Waals surface area (Å²) in [5.74, 6) is -0.950. The number of rotatable bonds is 5. The fraction of sp³-hybridized carbons (Fsp3) is 0.143. The maximum Gasteiger partial charge on any atom is 0.275 e. The number of phenolic OH excluding ortho intramolecular Hbond substituents is 1. The zero-order chi connectivity index (χ0) is 21.8. The Morgan fingerprint density at radius 3 is 2.47 bits per heavy atom. The summed E-state index contributed by atoms with van der Waals surface area (Å²) in [6.45, 7) is 4.13. The predicted octanol–water partition coefficient (Wildman–Crippen LogP) is 3.19. The Hall–Kier alpha value is -3.72. The van der Waals surface area contributed by atoms with Crippen LogP contribution >= 0.6 is 12.2 Å². The molecule has 0 saturated heterocycles. The normalized spacial score (nSPS) is 11.2. The first kappa shape index (κ1) is 21.0. The van der Waals surface area contributed by atoms with Gasteiger partial charge < -0.3 is 10.2 Å². The number of amides is 1. The maximum absolute atomic E-state index is 12.2. The van der Waals surface area contributed by atoms with E-state index in [0.717, 1.165) is 11.8 Å². The van der Waals surface area contributed by atoms with Gasteiger partial charge in [-0.25, -0.2) is 5.43 Å². The number of aromatic nitrogens is 2. The van der Waals surface area contributed by atoms with E-state index in [9.17, 15) is 19.8 Å². The molecule has 0 bridgehead atoms. The molecule has 30 heavy (non-hydrogen) atoms. The summed E-state index contributed by atoms with van der Waals surface area (Å²) >= 11 is 5.19. The lowest BCUT2D eigenvalue weighted by molar-refractivity contribution is 0.0952. The number of benzene rings is 2. The molecule has 0 aliphatic heterocycles. The van der Waals surface area contributed by atoms with Gasteiger partial charge in [0.05, 0.1) is 17.5 Å². The Morgan fingerprint density at radius 2 is 1.83 bits per heavy atom. The number of aromatic amines is 1. The SMILES string of the molecule is CC(C)c1ccc(-n2c(O)c(/C=N/NC(=O)c3ccccc3O)c(=O)[nH]c2=S)cc1. The molecule has 1 aromatic heterocycles. The Bertz CT molecular complexity index is 1230. The van der Waals surface area contributed by atoms with Crippen LogP contribution in [0.4, 0.5) is 0 Å². The van der Waals surface area contributed by atoms with Crippen LogP contribution in [0, 0.1) is 4.77 Å². The molecule has 0 aliphatic rings. The van der Waals surface area contributed by atoms with Crippen LogP contribution in [0.25, 0.3) is 5.69 Å². The van der Waals surface area contributed by atoms with Crippen LogP contribution < -0.4 is 11.0 Å². The Morgan fingerprint density at radius 1 is 1.17 bits per heavy atom. The Labute approximate surface area is 177 Å². The van der Waals surface area contributed by atoms with E-state index in [1.54, 1.807) is 24.3 Å². The van der Waals surface area contributed by atoms with E-state index in [0.29, 0.717) is 11.6 Å². The standard InChI is InChI=1S/C21H20N4O4S/c1-12(2)13-7-9-14(10-8-13)25-20(29)16(18(27)23-21(25)30)11-22-24-19(28)15-5-3-4-6-17(15)26/h3-12,26,29H,1-2H3,(H,24,28)(H,23,27,30)/b22-11+. The Balaban J connectivity index is 1.92. The van der Waals surface area contributed by atoms with Crippen molar-refractivity contribution >= 4 is 24.3 Å². The fourth-order valence-corrected chi connectivity index (χ4v) is 3.07. The van der Waals surface area contributed by atoms with Gasteiger partial charge in [-0.3, -0.25) is 19.1 Å². The van der Waals surface area contributed by atoms with Crippen LogP contribution in [0.1, 0.15) is 41.3 Å². The number of nitrogens with one attached hydrogen (secondary N) is 2. The fourth-order valence-electron chi connectivity index (χ4n) is 2.78. The average molecular weight is 424 g/mol. The third-order valence-corrected chi connectivity index (χ3v) is 4.73. The van der Waals surface area contributed by atoms with Crippen molar-refractivity contribution in [2.45, 2.75) is 19.8 Å². The van der Waals surface area contributed by atoms with Gasteiger partial charge in [0.15, 0.2) is 4.77 Å². The first-order valence-electron chi connectivity index (χ1n) is 9.09. The van der Waals surface area contributed by atoms with Crippen molar-refractivity contribution in [3.05, 3.63) is 80.3 Å². The highest BCUT2D eigenvalue weighted by molar-refractivity contribution is 7.71. The van der Waals surface area contributed by atoms with Crippen molar-refractivity contribution in [1.82, 2.24) is 15.0 Å². The van der Waals surface area contributed by atoms with Gasteiger partial charge in [0, 0.05) is 0 Å². The second-order valence-corrected chi connectivity index (χ2v) is 7.18. The molecule has 0 saturated carbocycles. The third kappa shape index (κ3) is 4.31. The van der Waals surface area contributed by atoms with Crippen LogP contribution in [0.2, 0.25) is 0 Å². The van der Waals surface area contributed by atoms with Crippen molar-refractivity contribution in [3.8, 4) is 17.3 Å². The zero-order valence-electron chi connectivity index (χ0n) is 16.3. The van der Waals surface area contributed by atoms with E-state index in [1.807, 2.05) is 12.1 Å². The minimum atomic E-state index is -0.669. The van der Waals surface area contributed by atoms with Gasteiger partial charge in [-0.2, -0.15) is 5.10 Å². The molecule has 154 valence electrons. The molecule has 0 unspecified atom stereocenters. The molecule has 1 amide bonds. The van der Waals surface area contributed by atoms with Gasteiger partial charge in [0.25, 0.3) is 11.5 Å². The van der Waals surface area contributed by atoms with Crippen molar-refractivity contribution < 1.29 is 15.0 Å². The summed E-state index contributed by atoms with van der Waals surface area (Å²) in [5, 5.41) is 24.1. The van der Waals surface area contributed by atoms with Crippen molar-refractivity contribution in [2.24, 2.45) is 5.10 Å². The second-order valence-electron chi connectivity index (χ2n) is 6.79. The number of H-pyrrole nitrogens is 1. The van der Waals surface area contributed by atoms with Crippen LogP contribution in [0.5, 0.6) is 11.6 Å². The average Bonchev–Trinajstić information content (AvgIpc) is 2.70. The number of carbonyl (C=O) groups is 1. The quantitative estimate of drug-likeness (QED) is 0.285. The van der Waals surface area contributed by atoms with Crippen LogP contribution in [0.15, 0.2) is 58.4 Å². The number of para-hydroxylation sites is 1. The molecule has 1 heterocycles. The van der Waals surface area contributed by atoms with Crippen molar-refractivity contribution in [2.75, 3.05) is 0 Å². The maximum atomic E-state index is 12.2. The molecule has 0 aliphatic carbocycles. The summed E-state index contributed by atoms with van der Waals surface area (Å²) in [6, 6.07) is 13.3. The van der Waals surface area contributed by atoms with E-state index < -0.39 is 17.3 Å². The molecule has 0 atom stereocenters. The summed E-state index contributed by atoms with van der Waals surface area (Å²) in [5.41, 5.74) is 3.06. The molecule has 0 spiro atoms. The number of hydrogen-bond acceptors (Lipinski definition) is 6. The minimum Gasteiger partial charge on any atom is -0.507 e. The molecule has 0 fully saturated rings. The van der Waals surface area contributed by atoms with Gasteiger partial charge in [0.1, 0.15) is 11.3 Å². The predicted molar refractivity (Wildman–Crippen MR) is 116 cm³/mol. The molecule has 9 heteroatoms. The highest BCUT2D eigenvalue weighted by Gasteiger charge is 2.14. The second kappa shape index (κ2) is 8.75. The number of aromatic hydroxyl groups is 2. The van der Waals surface area contributed by atoms with Gasteiger partial charge in [0.2, 0.25) is 5.88 Å². The highest BCUT2D eigenvalue weighted by atomic mass is 32.1. The monoisotopic (exact) mass is 424 g/mol. The van der Waals surface area contributed by atoms with Gasteiger partial charge in [-0.1, -0.05) is 38.1 Å². The number of carbonyl (C=O) groups excluding carboxylic acids is 1. The number of hydrazone groups is 1. The first-order valence-corrected chi connectivity index (χ1v) is 9.50. The number of nitrogens with zero attached hydrogens (tertiary/aromatic N) is 2. The van der Waals surface area contributed by atoms with Crippen LogP contribution in [-0.2, 0) is 0 Å². The summed E-state index contributed by atoms with van der Waals surface area (Å²) in [4.78, 5) is 26.8. The van der Waals surface area contributed by atoms with Crippen molar-refractivity contribution in [1.29, 1.82) is 0 Å². The summed E-state index contributed by atoms with van der Waals surface area (Å²) in [6.07, 6.45) is 1.01. The lowest BCUT2D eigenvalue weighted by Crippen LogP contribution is -2.21. The highest BCUT2D eigenvalue weighted by Crippen LogP contribution is 2.21. The van der Waals surface area contributed by atoms with E-state index >= 15 is 0 Å². The third-order valence-electron chi connectivity index (χ3n) is 4.45. The van der Waals surface area contributed by atoms with E-state index in [1.165, 1.54) is 16.7 Å². The van der Waals surface area contributed by atoms with E-state index in [-0.39, 0.29) is 21.6 Å². The smallest absolute Gasteiger partial charge is 0.275 e. The first-order chi connectivity index (χ1) is 14.3. The molecule has 8 nitrogen and oxygen atoms in total. The van der Waals surface area contributed by atoms with Crippen LogP contribution in [-0.4, -0.2) is 31.9 Å². The minimum absolute atomic E-state index is 0.0187. The number of phenols is 1. The molecule has 3 aromatic rings. The van der Waals surface area contributed by atoms with E-state index in [2.05, 4.69) is 29.4 Å². The zero-order valence-corrected chi connectivity index (χ0v) is 17.1. The van der Waals surface area contributed by atoms with Crippen molar-refractivity contribution in [3.63, 3.8) is 0 Å². The molecule has 4 N–H and O–H groups in total. The lowest BCUT2D eigenvalue weighted by Gasteiger charge is -2.12. The lowest BCUT2D eigenvalue weighted by atomic mass is 10.0. The molecule has 2 aromatic carbocycles. The summed E-state index contributed by atoms with van der Waals surface area (Å²) in [7, 11) is 0. The topological polar surface area (TPSA) is 120 Å². The molecule has 0 radical (unpaired) electrons. The van der Waals surface area contributed by atoms with Gasteiger partial charge in [-0.05, 0) is 48.0 Å². The molecular formula is C21H20N4O4S. The Kier molecular flexibility index (Phi) is 6.12. The molecular weight excluding hydrogens is 404 g/mol. The van der Waals surface area contributed by atoms with Gasteiger partial charge >= 0.3 is 0 Å². The van der Waals surface area contributed by atoms with Gasteiger partial charge in [-0.15, -0.1) is 0 Å². The summed E-state index contributed by atoms with van der Waals surface area (Å²) < 4.78 is 1.32. The van der Waals surface area contributed by atoms with E-state index in [4.69, 9.17) is 12.2 Å². The number of hydrogen-bond donors (Lipinski definition) is 4. The van der Waals surface area contributed by atoms with Crippen LogP contribution in [0.3, 0.4) is 0 Å². The largest absolute Gasteiger partial charge is 0.507 e.